The molecule has 18 nitrogen and oxygen atoms in total. The number of hydrogen-bond acceptors (Lipinski definition) is 10. The average Bonchev–Trinajstić information content (AvgIpc) is 3.02. The lowest BCUT2D eigenvalue weighted by Gasteiger charge is -2.29. The lowest BCUT2D eigenvalue weighted by Crippen LogP contribution is -2.55. The first-order valence-corrected chi connectivity index (χ1v) is 15.1. The van der Waals surface area contributed by atoms with E-state index < -0.39 is 65.0 Å². The molecule has 18 heteroatoms. The summed E-state index contributed by atoms with van der Waals surface area (Å²) < 4.78 is 10.8. The van der Waals surface area contributed by atoms with Gasteiger partial charge in [-0.2, -0.15) is 0 Å². The van der Waals surface area contributed by atoms with E-state index in [-0.39, 0.29) is 49.7 Å². The van der Waals surface area contributed by atoms with Gasteiger partial charge in [-0.1, -0.05) is 30.3 Å². The van der Waals surface area contributed by atoms with Gasteiger partial charge < -0.3 is 47.3 Å². The number of guanidine groups is 1. The number of carboxylic acid groups (broad SMARTS) is 1. The highest BCUT2D eigenvalue weighted by atomic mass is 16.6. The predicted molar refractivity (Wildman–Crippen MR) is 177 cm³/mol. The van der Waals surface area contributed by atoms with Crippen molar-refractivity contribution >= 4 is 47.1 Å². The quantitative estimate of drug-likeness (QED) is 0.0293. The summed E-state index contributed by atoms with van der Waals surface area (Å²) in [6.07, 6.45) is -3.10. The highest BCUT2D eigenvalue weighted by Gasteiger charge is 2.31. The van der Waals surface area contributed by atoms with Crippen molar-refractivity contribution in [1.29, 1.82) is 0 Å². The lowest BCUT2D eigenvalue weighted by atomic mass is 10.1. The van der Waals surface area contributed by atoms with Gasteiger partial charge in [-0.15, -0.1) is 0 Å². The van der Waals surface area contributed by atoms with Crippen molar-refractivity contribution < 1.29 is 43.5 Å². The average molecular weight is 687 g/mol. The van der Waals surface area contributed by atoms with Gasteiger partial charge in [-0.3, -0.25) is 29.5 Å². The molecular formula is C31H42N8O10. The fourth-order valence-electron chi connectivity index (χ4n) is 4.08. The maximum Gasteiger partial charge on any atom is 0.408 e. The van der Waals surface area contributed by atoms with Crippen molar-refractivity contribution in [3.8, 4) is 0 Å². The first-order valence-electron chi connectivity index (χ1n) is 15.1. The van der Waals surface area contributed by atoms with Crippen molar-refractivity contribution in [2.75, 3.05) is 11.9 Å². The van der Waals surface area contributed by atoms with Gasteiger partial charge in [-0.05, 0) is 57.7 Å². The second kappa shape index (κ2) is 19.1. The van der Waals surface area contributed by atoms with E-state index in [1.165, 1.54) is 24.3 Å². The minimum Gasteiger partial charge on any atom is -0.480 e. The Balaban J connectivity index is 2.09. The van der Waals surface area contributed by atoms with E-state index in [9.17, 15) is 39.2 Å². The van der Waals surface area contributed by atoms with Crippen molar-refractivity contribution in [3.63, 3.8) is 0 Å². The van der Waals surface area contributed by atoms with Crippen LogP contribution in [0.1, 0.15) is 52.0 Å². The number of anilines is 1. The molecule has 2 rings (SSSR count). The van der Waals surface area contributed by atoms with Crippen molar-refractivity contribution in [2.24, 2.45) is 16.5 Å². The molecule has 0 aliphatic rings. The number of hydrogen-bond donors (Lipinski definition) is 7. The fourth-order valence-corrected chi connectivity index (χ4v) is 4.08. The van der Waals surface area contributed by atoms with Gasteiger partial charge in [0.15, 0.2) is 5.96 Å². The van der Waals surface area contributed by atoms with Gasteiger partial charge in [-0.25, -0.2) is 9.59 Å². The highest BCUT2D eigenvalue weighted by Crippen LogP contribution is 2.17. The van der Waals surface area contributed by atoms with Crippen LogP contribution in [0.3, 0.4) is 0 Å². The number of nitrogens with zero attached hydrogens (tertiary/aromatic N) is 2. The number of nitrogens with two attached hydrogens (primary N) is 2. The molecule has 3 atom stereocenters. The molecule has 4 amide bonds. The first-order chi connectivity index (χ1) is 23.0. The van der Waals surface area contributed by atoms with Crippen LogP contribution in [0.15, 0.2) is 59.6 Å². The minimum absolute atomic E-state index is 0.0455. The zero-order valence-corrected chi connectivity index (χ0v) is 27.3. The number of rotatable bonds is 18. The monoisotopic (exact) mass is 686 g/mol. The molecule has 0 radical (unpaired) electrons. The van der Waals surface area contributed by atoms with Crippen LogP contribution in [0.25, 0.3) is 0 Å². The Morgan fingerprint density at radius 1 is 0.918 bits per heavy atom. The van der Waals surface area contributed by atoms with Gasteiger partial charge in [0.25, 0.3) is 11.6 Å². The van der Waals surface area contributed by atoms with Crippen LogP contribution in [-0.4, -0.2) is 76.2 Å². The maximum atomic E-state index is 13.4. The summed E-state index contributed by atoms with van der Waals surface area (Å²) >= 11 is 0. The van der Waals surface area contributed by atoms with Crippen molar-refractivity contribution in [1.82, 2.24) is 16.0 Å². The number of alkyl carbamates (subject to hydrolysis) is 1. The summed E-state index contributed by atoms with van der Waals surface area (Å²) in [6.45, 7) is 4.91. The SMILES string of the molecule is CC(C)(C)OC(NC(=O)CC[C@H](NC(=O)OCc1ccccc1)C(=O)O)C(=O)N[C@@H](CCCN=C(N)N)C(=O)Nc1ccc([N+](=O)[O-])cc1. The smallest absolute Gasteiger partial charge is 0.408 e. The Labute approximate surface area is 282 Å². The number of carbonyl (C=O) groups excluding carboxylic acids is 4. The Hall–Kier alpha value is -5.78. The number of nitro benzene ring substituents is 1. The Morgan fingerprint density at radius 2 is 1.57 bits per heavy atom. The molecule has 0 aromatic heterocycles. The second-order valence-electron chi connectivity index (χ2n) is 11.6. The van der Waals surface area contributed by atoms with E-state index in [0.29, 0.717) is 5.56 Å². The van der Waals surface area contributed by atoms with Crippen LogP contribution in [0.5, 0.6) is 0 Å². The van der Waals surface area contributed by atoms with Gasteiger partial charge in [0.2, 0.25) is 18.0 Å². The van der Waals surface area contributed by atoms with Crippen LogP contribution in [-0.2, 0) is 35.3 Å². The van der Waals surface area contributed by atoms with Crippen molar-refractivity contribution in [3.05, 3.63) is 70.3 Å². The number of amides is 4. The zero-order chi connectivity index (χ0) is 36.6. The molecule has 0 aliphatic heterocycles. The zero-order valence-electron chi connectivity index (χ0n) is 27.3. The number of ether oxygens (including phenoxy) is 2. The third-order valence-corrected chi connectivity index (χ3v) is 6.39. The summed E-state index contributed by atoms with van der Waals surface area (Å²) in [5, 5.41) is 30.3. The first kappa shape index (κ1) is 39.4. The van der Waals surface area contributed by atoms with E-state index in [1.54, 1.807) is 51.1 Å². The lowest BCUT2D eigenvalue weighted by molar-refractivity contribution is -0.384. The molecule has 266 valence electrons. The summed E-state index contributed by atoms with van der Waals surface area (Å²) in [6, 6.07) is 11.1. The largest absolute Gasteiger partial charge is 0.480 e. The van der Waals surface area contributed by atoms with E-state index >= 15 is 0 Å². The van der Waals surface area contributed by atoms with Crippen LogP contribution >= 0.6 is 0 Å². The van der Waals surface area contributed by atoms with Crippen LogP contribution in [0, 0.1) is 10.1 Å². The molecular weight excluding hydrogens is 644 g/mol. The van der Waals surface area contributed by atoms with Crippen molar-refractivity contribution in [2.45, 2.75) is 77.0 Å². The maximum absolute atomic E-state index is 13.4. The Morgan fingerprint density at radius 3 is 2.14 bits per heavy atom. The van der Waals surface area contributed by atoms with Crippen LogP contribution in [0.4, 0.5) is 16.2 Å². The number of benzene rings is 2. The standard InChI is InChI=1S/C31H42N8O10/c1-31(2,3)49-27(38-24(40)16-15-23(28(43)44)37-30(45)48-18-19-8-5-4-6-9-19)26(42)36-22(10-7-17-34-29(32)33)25(41)35-20-11-13-21(14-12-20)39(46)47/h4-6,8-9,11-14,22-23,27H,7,10,15-18H2,1-3H3,(H,35,41)(H,36,42)(H,37,45)(H,38,40)(H,43,44)(H4,32,33,34)/t22-,23-,27?/m0/s1. The molecule has 0 bridgehead atoms. The van der Waals surface area contributed by atoms with E-state index in [1.807, 2.05) is 0 Å². The van der Waals surface area contributed by atoms with Gasteiger partial charge in [0.05, 0.1) is 10.5 Å². The predicted octanol–water partition coefficient (Wildman–Crippen LogP) is 1.49. The number of carboxylic acids is 1. The minimum atomic E-state index is -1.62. The summed E-state index contributed by atoms with van der Waals surface area (Å²) in [7, 11) is 0. The number of aliphatic carboxylic acids is 1. The van der Waals surface area contributed by atoms with E-state index in [2.05, 4.69) is 26.3 Å². The summed E-state index contributed by atoms with van der Waals surface area (Å²) in [5.74, 6) is -3.93. The Bertz CT molecular complexity index is 1480. The fraction of sp³-hybridized carbons (Fsp3) is 0.419. The molecule has 1 unspecified atom stereocenters. The molecule has 2 aromatic carbocycles. The van der Waals surface area contributed by atoms with E-state index in [0.717, 1.165) is 0 Å². The normalized spacial score (nSPS) is 12.7. The molecule has 9 N–H and O–H groups in total. The topological polar surface area (TPSA) is 280 Å². The number of carbonyl (C=O) groups is 5. The summed E-state index contributed by atoms with van der Waals surface area (Å²) in [4.78, 5) is 77.7. The number of aliphatic imine (C=N–C) groups is 1. The van der Waals surface area contributed by atoms with Crippen LogP contribution in [0.2, 0.25) is 0 Å². The third kappa shape index (κ3) is 15.6. The van der Waals surface area contributed by atoms with E-state index in [4.69, 9.17) is 20.9 Å². The van der Waals surface area contributed by atoms with Crippen LogP contribution < -0.4 is 32.7 Å². The molecule has 2 aromatic rings. The third-order valence-electron chi connectivity index (χ3n) is 6.39. The van der Waals surface area contributed by atoms with Gasteiger partial charge >= 0.3 is 12.1 Å². The highest BCUT2D eigenvalue weighted by molar-refractivity contribution is 5.98. The molecule has 0 heterocycles. The molecule has 0 saturated heterocycles. The number of nitrogens with one attached hydrogen (secondary N) is 4. The van der Waals surface area contributed by atoms with Gasteiger partial charge in [0, 0.05) is 30.8 Å². The molecule has 0 fully saturated rings. The Kier molecular flexibility index (Phi) is 15.4. The molecule has 0 aliphatic carbocycles. The molecule has 0 saturated carbocycles. The van der Waals surface area contributed by atoms with Gasteiger partial charge in [0.1, 0.15) is 18.7 Å². The number of nitro groups is 1. The molecule has 0 spiro atoms. The molecule has 49 heavy (non-hydrogen) atoms. The summed E-state index contributed by atoms with van der Waals surface area (Å²) in [5.41, 5.74) is 10.5. The second-order valence-corrected chi connectivity index (χ2v) is 11.6. The number of non-ortho nitro benzene ring substituents is 1.